The Labute approximate surface area is 318 Å². The third kappa shape index (κ3) is 8.22. The highest BCUT2D eigenvalue weighted by Gasteiger charge is 2.25. The normalized spacial score (nSPS) is 11.5. The molecular weight excluding hydrogens is 763 g/mol. The van der Waals surface area contributed by atoms with E-state index in [-0.39, 0.29) is 11.9 Å². The molecule has 0 saturated carbocycles. The molecular formula is C40H30BBrO8S2. The Kier molecular flexibility index (Phi) is 12.1. The van der Waals surface area contributed by atoms with Crippen LogP contribution in [0.3, 0.4) is 0 Å². The van der Waals surface area contributed by atoms with E-state index in [9.17, 15) is 19.6 Å². The van der Waals surface area contributed by atoms with E-state index < -0.39 is 7.12 Å². The number of carbonyl (C=O) groups is 2. The first-order chi connectivity index (χ1) is 25.3. The average Bonchev–Trinajstić information content (AvgIpc) is 3.18. The fourth-order valence-corrected chi connectivity index (χ4v) is 7.88. The molecule has 0 amide bonds. The van der Waals surface area contributed by atoms with Crippen LogP contribution in [0.15, 0.2) is 158 Å². The Bertz CT molecular complexity index is 2250. The summed E-state index contributed by atoms with van der Waals surface area (Å²) in [6, 6.07) is 41.4. The number of halogens is 1. The molecule has 12 heteroatoms. The van der Waals surface area contributed by atoms with Crippen molar-refractivity contribution >= 4 is 64.0 Å². The molecule has 0 spiro atoms. The first-order valence-electron chi connectivity index (χ1n) is 15.8. The minimum atomic E-state index is -1.48. The second-order valence-corrected chi connectivity index (χ2v) is 14.0. The van der Waals surface area contributed by atoms with Crippen molar-refractivity contribution < 1.29 is 38.6 Å². The highest BCUT2D eigenvalue weighted by Crippen LogP contribution is 2.51. The van der Waals surface area contributed by atoms with Gasteiger partial charge in [-0.1, -0.05) is 102 Å². The first-order valence-corrected chi connectivity index (χ1v) is 18.2. The molecule has 52 heavy (non-hydrogen) atoms. The van der Waals surface area contributed by atoms with Gasteiger partial charge < -0.3 is 29.0 Å². The molecule has 0 radical (unpaired) electrons. The van der Waals surface area contributed by atoms with Crippen LogP contribution in [0.5, 0.6) is 23.0 Å². The van der Waals surface area contributed by atoms with Crippen LogP contribution in [0.1, 0.15) is 20.7 Å². The summed E-state index contributed by atoms with van der Waals surface area (Å²) in [5.74, 6) is 2.46. The molecule has 6 aromatic carbocycles. The zero-order chi connectivity index (χ0) is 36.6. The monoisotopic (exact) mass is 792 g/mol. The lowest BCUT2D eigenvalue weighted by Crippen LogP contribution is -2.32. The van der Waals surface area contributed by atoms with E-state index in [4.69, 9.17) is 14.2 Å². The van der Waals surface area contributed by atoms with E-state index in [0.717, 1.165) is 52.4 Å². The Morgan fingerprint density at radius 2 is 1.02 bits per heavy atom. The van der Waals surface area contributed by atoms with Crippen molar-refractivity contribution in [3.63, 3.8) is 0 Å². The summed E-state index contributed by atoms with van der Waals surface area (Å²) in [6.45, 7) is 0. The molecule has 0 fully saturated rings. The molecule has 2 aliphatic rings. The summed E-state index contributed by atoms with van der Waals surface area (Å²) in [5.41, 5.74) is 3.38. The van der Waals surface area contributed by atoms with Gasteiger partial charge in [0.05, 0.1) is 44.9 Å². The van der Waals surface area contributed by atoms with Gasteiger partial charge in [-0.3, -0.25) is 0 Å². The van der Waals surface area contributed by atoms with Crippen molar-refractivity contribution in [2.75, 3.05) is 14.2 Å². The molecule has 2 heterocycles. The lowest BCUT2D eigenvalue weighted by Gasteiger charge is -2.22. The molecule has 0 atom stereocenters. The van der Waals surface area contributed by atoms with Gasteiger partial charge in [-0.05, 0) is 81.6 Å². The maximum atomic E-state index is 12.1. The summed E-state index contributed by atoms with van der Waals surface area (Å²) in [5, 5.41) is 18.6. The van der Waals surface area contributed by atoms with E-state index in [1.54, 1.807) is 48.2 Å². The van der Waals surface area contributed by atoms with Crippen LogP contribution in [0.2, 0.25) is 0 Å². The lowest BCUT2D eigenvalue weighted by atomic mass is 9.80. The second kappa shape index (κ2) is 17.0. The Balaban J connectivity index is 0.000000145. The van der Waals surface area contributed by atoms with Crippen molar-refractivity contribution in [3.05, 3.63) is 149 Å². The number of carbonyl (C=O) groups excluding carboxylic acids is 2. The third-order valence-electron chi connectivity index (χ3n) is 7.73. The van der Waals surface area contributed by atoms with Crippen molar-refractivity contribution in [2.45, 2.75) is 19.6 Å². The smallest absolute Gasteiger partial charge is 0.465 e. The Morgan fingerprint density at radius 3 is 1.63 bits per heavy atom. The summed E-state index contributed by atoms with van der Waals surface area (Å²) < 4.78 is 22.0. The van der Waals surface area contributed by atoms with Gasteiger partial charge in [0.25, 0.3) is 0 Å². The van der Waals surface area contributed by atoms with Gasteiger partial charge in [-0.15, -0.1) is 0 Å². The van der Waals surface area contributed by atoms with Crippen molar-refractivity contribution in [1.29, 1.82) is 0 Å². The fourth-order valence-electron chi connectivity index (χ4n) is 5.28. The van der Waals surface area contributed by atoms with E-state index in [1.807, 2.05) is 97.1 Å². The molecule has 0 saturated heterocycles. The highest BCUT2D eigenvalue weighted by atomic mass is 79.9. The number of hydrogen-bond acceptors (Lipinski definition) is 10. The first kappa shape index (κ1) is 36.8. The lowest BCUT2D eigenvalue weighted by molar-refractivity contribution is 0.0591. The minimum Gasteiger partial charge on any atom is -0.465 e. The minimum absolute atomic E-state index is 0.322. The summed E-state index contributed by atoms with van der Waals surface area (Å²) >= 11 is 6.38. The topological polar surface area (TPSA) is 112 Å². The molecule has 8 nitrogen and oxygen atoms in total. The number of ether oxygens (including phenoxy) is 4. The number of fused-ring (bicyclic) bond motifs is 4. The molecule has 0 bridgehead atoms. The number of rotatable bonds is 4. The predicted molar refractivity (Wildman–Crippen MR) is 206 cm³/mol. The number of methoxy groups -OCH3 is 2. The fraction of sp³-hybridized carbons (Fsp3) is 0.0500. The quantitative estimate of drug-likeness (QED) is 0.132. The largest absolute Gasteiger partial charge is 0.489 e. The van der Waals surface area contributed by atoms with E-state index in [1.165, 1.54) is 26.0 Å². The molecule has 0 aliphatic carbocycles. The zero-order valence-electron chi connectivity index (χ0n) is 27.8. The van der Waals surface area contributed by atoms with Crippen LogP contribution < -0.4 is 14.9 Å². The molecule has 2 aliphatic heterocycles. The second-order valence-electron chi connectivity index (χ2n) is 11.0. The van der Waals surface area contributed by atoms with Crippen LogP contribution in [-0.4, -0.2) is 43.3 Å². The summed E-state index contributed by atoms with van der Waals surface area (Å²) in [6.07, 6.45) is 0. The number of hydrogen-bond donors (Lipinski definition) is 2. The highest BCUT2D eigenvalue weighted by molar-refractivity contribution is 9.10. The van der Waals surface area contributed by atoms with Gasteiger partial charge in [0, 0.05) is 10.0 Å². The van der Waals surface area contributed by atoms with Gasteiger partial charge in [0.2, 0.25) is 0 Å². The van der Waals surface area contributed by atoms with E-state index >= 15 is 0 Å². The van der Waals surface area contributed by atoms with Crippen LogP contribution in [0.4, 0.5) is 0 Å². The van der Waals surface area contributed by atoms with Gasteiger partial charge in [0.15, 0.2) is 0 Å². The SMILES string of the molecule is COC(=O)c1ccccc1-c1cccc2c1Sc1ccccc1O2.COC(=O)c1ccccc1Br.OB(O)c1cccc2c1Sc1ccccc1O2. The van der Waals surface area contributed by atoms with Crippen molar-refractivity contribution in [2.24, 2.45) is 0 Å². The van der Waals surface area contributed by atoms with Crippen LogP contribution >= 0.6 is 39.5 Å². The van der Waals surface area contributed by atoms with Gasteiger partial charge in [0.1, 0.15) is 23.0 Å². The van der Waals surface area contributed by atoms with Crippen molar-refractivity contribution in [3.8, 4) is 34.1 Å². The van der Waals surface area contributed by atoms with E-state index in [2.05, 4.69) is 20.7 Å². The number of esters is 2. The van der Waals surface area contributed by atoms with Crippen molar-refractivity contribution in [1.82, 2.24) is 0 Å². The molecule has 8 rings (SSSR count). The molecule has 6 aromatic rings. The maximum absolute atomic E-state index is 12.1. The van der Waals surface area contributed by atoms with Gasteiger partial charge in [-0.2, -0.15) is 0 Å². The summed E-state index contributed by atoms with van der Waals surface area (Å²) in [7, 11) is 1.28. The number of benzene rings is 6. The summed E-state index contributed by atoms with van der Waals surface area (Å²) in [4.78, 5) is 26.9. The molecule has 0 unspecified atom stereocenters. The Hall–Kier alpha value is -4.98. The molecule has 0 aromatic heterocycles. The maximum Gasteiger partial charge on any atom is 0.489 e. The van der Waals surface area contributed by atoms with Crippen LogP contribution in [-0.2, 0) is 9.47 Å². The molecule has 2 N–H and O–H groups in total. The van der Waals surface area contributed by atoms with Crippen LogP contribution in [0.25, 0.3) is 11.1 Å². The van der Waals surface area contributed by atoms with E-state index in [0.29, 0.717) is 22.3 Å². The Morgan fingerprint density at radius 1 is 0.558 bits per heavy atom. The van der Waals surface area contributed by atoms with Crippen LogP contribution in [0, 0.1) is 0 Å². The molecule has 260 valence electrons. The third-order valence-corrected chi connectivity index (χ3v) is 10.8. The number of para-hydroxylation sites is 2. The standard InChI is InChI=1S/C20H14O3S.C12H9BO3S.C8H7BrO2/c1-22-20(21)15-8-3-2-7-13(15)14-9-6-11-17-19(14)24-18-12-5-4-10-16(18)23-17;14-13(15)8-4-3-6-10-12(8)17-11-7-2-1-5-9(11)16-10;1-11-8(10)6-4-2-3-5-7(6)9/h2-12H,1H3;1-7,14-15H;2-5H,1H3. The predicted octanol–water partition coefficient (Wildman–Crippen LogP) is 9.26. The van der Waals surface area contributed by atoms with Gasteiger partial charge >= 0.3 is 19.1 Å². The van der Waals surface area contributed by atoms with Gasteiger partial charge in [-0.25, -0.2) is 9.59 Å². The zero-order valence-corrected chi connectivity index (χ0v) is 31.0. The average molecular weight is 794 g/mol.